The molecule has 0 aliphatic rings. The standard InChI is InChI=1S/C9H21B.H2/c1-4-7-10(8-5-2)9-6-3;/h4-9H2,1-3H3;1H. The molecule has 0 radical (unpaired) electrons. The van der Waals surface area contributed by atoms with Crippen molar-refractivity contribution in [2.75, 3.05) is 0 Å². The van der Waals surface area contributed by atoms with Crippen molar-refractivity contribution in [2.24, 2.45) is 0 Å². The Labute approximate surface area is 68.0 Å². The van der Waals surface area contributed by atoms with E-state index in [-0.39, 0.29) is 1.43 Å². The van der Waals surface area contributed by atoms with E-state index in [2.05, 4.69) is 20.8 Å². The zero-order valence-corrected chi connectivity index (χ0v) is 7.82. The summed E-state index contributed by atoms with van der Waals surface area (Å²) >= 11 is 0. The number of hydrogen-bond donors (Lipinski definition) is 0. The van der Waals surface area contributed by atoms with E-state index < -0.39 is 0 Å². The van der Waals surface area contributed by atoms with Crippen molar-refractivity contribution in [3.05, 3.63) is 0 Å². The lowest BCUT2D eigenvalue weighted by Crippen LogP contribution is -2.09. The van der Waals surface area contributed by atoms with Crippen molar-refractivity contribution >= 4 is 6.71 Å². The second kappa shape index (κ2) is 7.18. The van der Waals surface area contributed by atoms with Gasteiger partial charge < -0.3 is 0 Å². The first-order valence-electron chi connectivity index (χ1n) is 4.85. The van der Waals surface area contributed by atoms with E-state index in [1.165, 1.54) is 38.2 Å². The van der Waals surface area contributed by atoms with Crippen LogP contribution in [0.15, 0.2) is 0 Å². The molecule has 0 aromatic rings. The molecule has 0 fully saturated rings. The molecule has 0 unspecified atom stereocenters. The Hall–Kier alpha value is 0.0649. The van der Waals surface area contributed by atoms with Gasteiger partial charge in [-0.05, 0) is 0 Å². The molecule has 0 saturated heterocycles. The summed E-state index contributed by atoms with van der Waals surface area (Å²) in [5.41, 5.74) is 0. The molecular formula is C9H23B. The maximum Gasteiger partial charge on any atom is 0.139 e. The molecule has 0 heterocycles. The maximum absolute atomic E-state index is 2.29. The molecule has 0 saturated carbocycles. The highest BCUT2D eigenvalue weighted by Crippen LogP contribution is 2.11. The van der Waals surface area contributed by atoms with E-state index >= 15 is 0 Å². The molecule has 1 heteroatoms. The summed E-state index contributed by atoms with van der Waals surface area (Å²) in [4.78, 5) is 0. The Bertz CT molecular complexity index is 52.3. The van der Waals surface area contributed by atoms with E-state index in [1.54, 1.807) is 0 Å². The van der Waals surface area contributed by atoms with E-state index in [1.807, 2.05) is 0 Å². The fourth-order valence-corrected chi connectivity index (χ4v) is 1.66. The van der Waals surface area contributed by atoms with Gasteiger partial charge in [0.1, 0.15) is 6.71 Å². The summed E-state index contributed by atoms with van der Waals surface area (Å²) in [5, 5.41) is 0. The van der Waals surface area contributed by atoms with Crippen molar-refractivity contribution in [2.45, 2.75) is 59.0 Å². The van der Waals surface area contributed by atoms with Gasteiger partial charge in [0.15, 0.2) is 0 Å². The van der Waals surface area contributed by atoms with Crippen molar-refractivity contribution in [1.29, 1.82) is 0 Å². The highest BCUT2D eigenvalue weighted by Gasteiger charge is 2.08. The number of rotatable bonds is 6. The molecule has 0 aromatic heterocycles. The van der Waals surface area contributed by atoms with Crippen molar-refractivity contribution in [3.63, 3.8) is 0 Å². The van der Waals surface area contributed by atoms with Crippen LogP contribution in [0.2, 0.25) is 19.0 Å². The minimum atomic E-state index is 0. The Morgan fingerprint density at radius 3 is 1.30 bits per heavy atom. The molecule has 0 rings (SSSR count). The van der Waals surface area contributed by atoms with Crippen LogP contribution in [0.5, 0.6) is 0 Å². The van der Waals surface area contributed by atoms with Gasteiger partial charge in [0.2, 0.25) is 0 Å². The van der Waals surface area contributed by atoms with E-state index in [4.69, 9.17) is 0 Å². The van der Waals surface area contributed by atoms with Gasteiger partial charge in [0.25, 0.3) is 0 Å². The highest BCUT2D eigenvalue weighted by molar-refractivity contribution is 6.58. The molecule has 0 spiro atoms. The zero-order chi connectivity index (χ0) is 7.82. The summed E-state index contributed by atoms with van der Waals surface area (Å²) in [6.45, 7) is 7.90. The lowest BCUT2D eigenvalue weighted by Gasteiger charge is -2.08. The Kier molecular flexibility index (Phi) is 7.22. The van der Waals surface area contributed by atoms with Crippen LogP contribution in [0.1, 0.15) is 41.5 Å². The maximum atomic E-state index is 2.29. The molecule has 0 aliphatic carbocycles. The summed E-state index contributed by atoms with van der Waals surface area (Å²) in [6.07, 6.45) is 8.44. The fourth-order valence-electron chi connectivity index (χ4n) is 1.66. The van der Waals surface area contributed by atoms with Gasteiger partial charge in [-0.15, -0.1) is 0 Å². The molecule has 0 nitrogen and oxygen atoms in total. The first-order valence-corrected chi connectivity index (χ1v) is 4.85. The lowest BCUT2D eigenvalue weighted by molar-refractivity contribution is 0.957. The average Bonchev–Trinajstić information content (AvgIpc) is 1.90. The monoisotopic (exact) mass is 142 g/mol. The molecule has 0 aliphatic heterocycles. The normalized spacial score (nSPS) is 9.90. The van der Waals surface area contributed by atoms with Crippen molar-refractivity contribution in [1.82, 2.24) is 0 Å². The summed E-state index contributed by atoms with van der Waals surface area (Å²) in [6, 6.07) is 0. The second-order valence-electron chi connectivity index (χ2n) is 3.23. The van der Waals surface area contributed by atoms with Gasteiger partial charge in [-0.2, -0.15) is 0 Å². The smallest absolute Gasteiger partial charge is 0.0744 e. The van der Waals surface area contributed by atoms with Gasteiger partial charge in [-0.3, -0.25) is 0 Å². The average molecular weight is 142 g/mol. The van der Waals surface area contributed by atoms with Gasteiger partial charge in [0, 0.05) is 1.43 Å². The number of hydrogen-bond acceptors (Lipinski definition) is 0. The lowest BCUT2D eigenvalue weighted by atomic mass is 9.41. The molecule has 62 valence electrons. The molecular weight excluding hydrogens is 119 g/mol. The topological polar surface area (TPSA) is 0 Å². The van der Waals surface area contributed by atoms with E-state index in [0.717, 1.165) is 6.71 Å². The predicted octanol–water partition coefficient (Wildman–Crippen LogP) is 3.96. The molecule has 10 heavy (non-hydrogen) atoms. The minimum Gasteiger partial charge on any atom is -0.0744 e. The zero-order valence-electron chi connectivity index (χ0n) is 7.82. The molecule has 0 atom stereocenters. The first kappa shape index (κ1) is 10.1. The van der Waals surface area contributed by atoms with Crippen LogP contribution in [0.3, 0.4) is 0 Å². The van der Waals surface area contributed by atoms with Crippen molar-refractivity contribution < 1.29 is 1.43 Å². The van der Waals surface area contributed by atoms with Gasteiger partial charge >= 0.3 is 0 Å². The third-order valence-corrected chi connectivity index (χ3v) is 2.09. The second-order valence-corrected chi connectivity index (χ2v) is 3.23. The highest BCUT2D eigenvalue weighted by atomic mass is 13.8. The van der Waals surface area contributed by atoms with Gasteiger partial charge in [0.05, 0.1) is 0 Å². The van der Waals surface area contributed by atoms with E-state index in [9.17, 15) is 0 Å². The quantitative estimate of drug-likeness (QED) is 0.492. The molecule has 0 aromatic carbocycles. The van der Waals surface area contributed by atoms with Crippen LogP contribution < -0.4 is 0 Å². The Morgan fingerprint density at radius 2 is 1.10 bits per heavy atom. The molecule has 0 N–H and O–H groups in total. The van der Waals surface area contributed by atoms with Crippen LogP contribution in [0.4, 0.5) is 0 Å². The SMILES string of the molecule is CCCB(CCC)CCC.[HH]. The first-order chi connectivity index (χ1) is 4.85. The largest absolute Gasteiger partial charge is 0.139 e. The van der Waals surface area contributed by atoms with Crippen molar-refractivity contribution in [3.8, 4) is 0 Å². The van der Waals surface area contributed by atoms with E-state index in [0.29, 0.717) is 0 Å². The fraction of sp³-hybridized carbons (Fsp3) is 1.00. The van der Waals surface area contributed by atoms with Crippen LogP contribution in [0, 0.1) is 0 Å². The third-order valence-electron chi connectivity index (χ3n) is 2.09. The summed E-state index contributed by atoms with van der Waals surface area (Å²) in [5.74, 6) is 0. The summed E-state index contributed by atoms with van der Waals surface area (Å²) < 4.78 is 0. The third kappa shape index (κ3) is 4.90. The van der Waals surface area contributed by atoms with Crippen LogP contribution in [0.25, 0.3) is 0 Å². The molecule has 0 bridgehead atoms. The van der Waals surface area contributed by atoms with Gasteiger partial charge in [-0.25, -0.2) is 0 Å². The van der Waals surface area contributed by atoms with Crippen LogP contribution >= 0.6 is 0 Å². The molecule has 0 amide bonds. The van der Waals surface area contributed by atoms with Crippen LogP contribution in [-0.4, -0.2) is 6.71 Å². The van der Waals surface area contributed by atoms with Crippen LogP contribution in [-0.2, 0) is 0 Å². The summed E-state index contributed by atoms with van der Waals surface area (Å²) in [7, 11) is 0. The Balaban J connectivity index is 0. The predicted molar refractivity (Wildman–Crippen MR) is 53.2 cm³/mol. The van der Waals surface area contributed by atoms with Gasteiger partial charge in [-0.1, -0.05) is 59.0 Å². The minimum absolute atomic E-state index is 0. The Morgan fingerprint density at radius 1 is 0.800 bits per heavy atom.